The summed E-state index contributed by atoms with van der Waals surface area (Å²) in [7, 11) is 1.92. The van der Waals surface area contributed by atoms with Gasteiger partial charge in [0, 0.05) is 13.6 Å². The van der Waals surface area contributed by atoms with Crippen LogP contribution in [-0.4, -0.2) is 23.0 Å². The number of nitrogens with zero attached hydrogens (tertiary/aromatic N) is 2. The van der Waals surface area contributed by atoms with E-state index in [1.807, 2.05) is 63.1 Å². The van der Waals surface area contributed by atoms with Gasteiger partial charge in [0.1, 0.15) is 15.6 Å². The fourth-order valence-electron chi connectivity index (χ4n) is 1.89. The fourth-order valence-corrected chi connectivity index (χ4v) is 3.03. The van der Waals surface area contributed by atoms with Crippen LogP contribution in [0, 0.1) is 0 Å². The Morgan fingerprint density at radius 3 is 2.55 bits per heavy atom. The maximum absolute atomic E-state index is 12.1. The molecular weight excluding hydrogens is 320 g/mol. The number of ether oxygens (including phenoxy) is 1. The maximum atomic E-state index is 12.1. The van der Waals surface area contributed by atoms with E-state index in [1.165, 1.54) is 11.5 Å². The van der Waals surface area contributed by atoms with E-state index >= 15 is 0 Å². The van der Waals surface area contributed by atoms with E-state index in [9.17, 15) is 4.79 Å². The minimum atomic E-state index is -0.569. The van der Waals surface area contributed by atoms with Crippen molar-refractivity contribution in [2.45, 2.75) is 32.9 Å². The Kier molecular flexibility index (Phi) is 5.08. The average molecular weight is 339 g/mol. The molecule has 4 nitrogen and oxygen atoms in total. The van der Waals surface area contributed by atoms with Gasteiger partial charge in [0.15, 0.2) is 5.69 Å². The predicted octanol–water partition coefficient (Wildman–Crippen LogP) is 4.39. The molecule has 22 heavy (non-hydrogen) atoms. The molecule has 0 atom stereocenters. The Hall–Kier alpha value is -1.59. The summed E-state index contributed by atoms with van der Waals surface area (Å²) in [5, 5.41) is 1.10. The van der Waals surface area contributed by atoms with Crippen LogP contribution in [0.1, 0.15) is 36.8 Å². The zero-order valence-electron chi connectivity index (χ0n) is 13.1. The molecule has 1 aromatic heterocycles. The molecule has 0 amide bonds. The number of hydrogen-bond acceptors (Lipinski definition) is 5. The largest absolute Gasteiger partial charge is 0.455 e. The van der Waals surface area contributed by atoms with E-state index in [4.69, 9.17) is 16.3 Å². The van der Waals surface area contributed by atoms with Crippen LogP contribution in [0.15, 0.2) is 30.3 Å². The van der Waals surface area contributed by atoms with E-state index in [-0.39, 0.29) is 5.69 Å². The van der Waals surface area contributed by atoms with Crippen LogP contribution >= 0.6 is 23.1 Å². The molecule has 0 fully saturated rings. The van der Waals surface area contributed by atoms with Gasteiger partial charge in [-0.15, -0.1) is 0 Å². The lowest BCUT2D eigenvalue weighted by molar-refractivity contribution is 0.00645. The number of halogens is 1. The summed E-state index contributed by atoms with van der Waals surface area (Å²) in [6, 6.07) is 10.0. The molecule has 0 aliphatic rings. The second-order valence-electron chi connectivity index (χ2n) is 5.99. The van der Waals surface area contributed by atoms with Crippen molar-refractivity contribution in [2.75, 3.05) is 11.9 Å². The minimum Gasteiger partial charge on any atom is -0.455 e. The topological polar surface area (TPSA) is 42.4 Å². The van der Waals surface area contributed by atoms with Crippen molar-refractivity contribution in [3.8, 4) is 0 Å². The zero-order chi connectivity index (χ0) is 16.3. The molecule has 0 unspecified atom stereocenters. The number of hydrogen-bond donors (Lipinski definition) is 0. The van der Waals surface area contributed by atoms with Crippen molar-refractivity contribution in [3.05, 3.63) is 46.6 Å². The third-order valence-electron chi connectivity index (χ3n) is 2.82. The van der Waals surface area contributed by atoms with Gasteiger partial charge in [0.2, 0.25) is 0 Å². The van der Waals surface area contributed by atoms with Gasteiger partial charge < -0.3 is 9.64 Å². The highest BCUT2D eigenvalue weighted by Gasteiger charge is 2.25. The Bertz CT molecular complexity index is 650. The number of carbonyl (C=O) groups is 1. The van der Waals surface area contributed by atoms with Crippen LogP contribution in [0.3, 0.4) is 0 Å². The molecule has 2 rings (SSSR count). The van der Waals surface area contributed by atoms with Gasteiger partial charge in [0.25, 0.3) is 0 Å². The summed E-state index contributed by atoms with van der Waals surface area (Å²) < 4.78 is 9.47. The van der Waals surface area contributed by atoms with Gasteiger partial charge in [-0.2, -0.15) is 4.37 Å². The summed E-state index contributed by atoms with van der Waals surface area (Å²) in [6.45, 7) is 6.13. The first-order valence-corrected chi connectivity index (χ1v) is 8.06. The summed E-state index contributed by atoms with van der Waals surface area (Å²) in [6.07, 6.45) is 0. The third kappa shape index (κ3) is 4.21. The summed E-state index contributed by atoms with van der Waals surface area (Å²) in [5.74, 6) is -0.492. The predicted molar refractivity (Wildman–Crippen MR) is 90.8 cm³/mol. The molecule has 0 aliphatic heterocycles. The van der Waals surface area contributed by atoms with Gasteiger partial charge in [-0.25, -0.2) is 4.79 Å². The van der Waals surface area contributed by atoms with E-state index in [0.717, 1.165) is 10.6 Å². The number of benzene rings is 1. The Morgan fingerprint density at radius 1 is 1.32 bits per heavy atom. The van der Waals surface area contributed by atoms with Gasteiger partial charge in [0.05, 0.1) is 0 Å². The fraction of sp³-hybridized carbons (Fsp3) is 0.375. The monoisotopic (exact) mass is 338 g/mol. The molecule has 0 saturated carbocycles. The Morgan fingerprint density at radius 2 is 1.95 bits per heavy atom. The molecule has 0 aliphatic carbocycles. The Balaban J connectivity index is 2.15. The summed E-state index contributed by atoms with van der Waals surface area (Å²) in [4.78, 5) is 14.1. The molecule has 0 radical (unpaired) electrons. The van der Waals surface area contributed by atoms with Crippen molar-refractivity contribution in [1.82, 2.24) is 4.37 Å². The van der Waals surface area contributed by atoms with Crippen molar-refractivity contribution in [2.24, 2.45) is 0 Å². The summed E-state index contributed by atoms with van der Waals surface area (Å²) in [5.41, 5.74) is 0.768. The Labute approximate surface area is 139 Å². The first kappa shape index (κ1) is 16.8. The van der Waals surface area contributed by atoms with Crippen molar-refractivity contribution >= 4 is 34.1 Å². The quantitative estimate of drug-likeness (QED) is 0.775. The van der Waals surface area contributed by atoms with Crippen LogP contribution < -0.4 is 4.90 Å². The number of aromatic nitrogens is 1. The zero-order valence-corrected chi connectivity index (χ0v) is 14.7. The molecule has 6 heteroatoms. The molecule has 118 valence electrons. The average Bonchev–Trinajstić information content (AvgIpc) is 2.80. The van der Waals surface area contributed by atoms with Gasteiger partial charge in [-0.05, 0) is 37.9 Å². The lowest BCUT2D eigenvalue weighted by Gasteiger charge is -2.19. The van der Waals surface area contributed by atoms with Crippen molar-refractivity contribution < 1.29 is 9.53 Å². The molecule has 1 aromatic carbocycles. The van der Waals surface area contributed by atoms with Crippen LogP contribution in [0.25, 0.3) is 0 Å². The lowest BCUT2D eigenvalue weighted by Crippen LogP contribution is -2.24. The van der Waals surface area contributed by atoms with Gasteiger partial charge in [-0.1, -0.05) is 41.9 Å². The van der Waals surface area contributed by atoms with E-state index in [2.05, 4.69) is 4.37 Å². The second kappa shape index (κ2) is 6.67. The third-order valence-corrected chi connectivity index (χ3v) is 4.25. The number of rotatable bonds is 4. The number of anilines is 1. The molecule has 0 saturated heterocycles. The van der Waals surface area contributed by atoms with Crippen LogP contribution in [0.4, 0.5) is 5.00 Å². The minimum absolute atomic E-state index is 0.177. The SMILES string of the molecule is CN(Cc1ccccc1)c1snc(C(=O)OC(C)(C)C)c1Cl. The highest BCUT2D eigenvalue weighted by molar-refractivity contribution is 7.11. The first-order chi connectivity index (χ1) is 10.3. The summed E-state index contributed by atoms with van der Waals surface area (Å²) >= 11 is 7.52. The van der Waals surface area contributed by atoms with Crippen molar-refractivity contribution in [1.29, 1.82) is 0 Å². The molecule has 0 spiro atoms. The molecular formula is C16H19ClN2O2S. The number of carbonyl (C=O) groups excluding carboxylic acids is 1. The smallest absolute Gasteiger partial charge is 0.360 e. The van der Waals surface area contributed by atoms with Crippen molar-refractivity contribution in [3.63, 3.8) is 0 Å². The molecule has 0 N–H and O–H groups in total. The highest BCUT2D eigenvalue weighted by atomic mass is 35.5. The maximum Gasteiger partial charge on any atom is 0.360 e. The van der Waals surface area contributed by atoms with Crippen LogP contribution in [0.5, 0.6) is 0 Å². The molecule has 2 aromatic rings. The van der Waals surface area contributed by atoms with Crippen LogP contribution in [0.2, 0.25) is 5.02 Å². The van der Waals surface area contributed by atoms with E-state index in [0.29, 0.717) is 11.6 Å². The van der Waals surface area contributed by atoms with Gasteiger partial charge in [-0.3, -0.25) is 0 Å². The van der Waals surface area contributed by atoms with Gasteiger partial charge >= 0.3 is 5.97 Å². The first-order valence-electron chi connectivity index (χ1n) is 6.91. The van der Waals surface area contributed by atoms with Crippen LogP contribution in [-0.2, 0) is 11.3 Å². The molecule has 1 heterocycles. The lowest BCUT2D eigenvalue weighted by atomic mass is 10.2. The standard InChI is InChI=1S/C16H19ClN2O2S/c1-16(2,3)21-15(20)13-12(17)14(22-18-13)19(4)10-11-8-6-5-7-9-11/h5-9H,10H2,1-4H3. The van der Waals surface area contributed by atoms with E-state index in [1.54, 1.807) is 0 Å². The van der Waals surface area contributed by atoms with E-state index < -0.39 is 11.6 Å². The number of esters is 1. The normalized spacial score (nSPS) is 11.3. The highest BCUT2D eigenvalue weighted by Crippen LogP contribution is 2.34. The molecule has 0 bridgehead atoms. The second-order valence-corrected chi connectivity index (χ2v) is 7.12.